The maximum atomic E-state index is 13.8. The van der Waals surface area contributed by atoms with E-state index < -0.39 is 5.41 Å². The summed E-state index contributed by atoms with van der Waals surface area (Å²) >= 11 is 6.33. The molecular weight excluding hydrogens is 422 g/mol. The van der Waals surface area contributed by atoms with Crippen LogP contribution in [0, 0.1) is 11.8 Å². The Bertz CT molecular complexity index is 850. The summed E-state index contributed by atoms with van der Waals surface area (Å²) < 4.78 is 0. The molecule has 0 aromatic heterocycles. The summed E-state index contributed by atoms with van der Waals surface area (Å²) in [6.07, 6.45) is 6.99. The molecule has 7 heteroatoms. The normalized spacial score (nSPS) is 25.8. The number of nitrogens with zero attached hydrogens (tertiary/aromatic N) is 3. The molecule has 6 nitrogen and oxygen atoms in total. The van der Waals surface area contributed by atoms with E-state index in [1.54, 1.807) is 0 Å². The molecule has 1 saturated heterocycles. The number of fused-ring (bicyclic) bond motifs is 2. The van der Waals surface area contributed by atoms with Crippen molar-refractivity contribution in [1.29, 1.82) is 0 Å². The highest BCUT2D eigenvalue weighted by Crippen LogP contribution is 2.44. The molecule has 1 aromatic rings. The van der Waals surface area contributed by atoms with Crippen molar-refractivity contribution in [3.05, 3.63) is 34.3 Å². The van der Waals surface area contributed by atoms with Gasteiger partial charge in [0.05, 0.1) is 12.0 Å². The second-order valence-corrected chi connectivity index (χ2v) is 10.7. The first-order chi connectivity index (χ1) is 15.3. The van der Waals surface area contributed by atoms with Crippen molar-refractivity contribution < 1.29 is 4.79 Å². The molecule has 1 amide bonds. The number of halogens is 1. The number of carbonyl (C=O) groups is 1. The van der Waals surface area contributed by atoms with Crippen LogP contribution < -0.4 is 11.5 Å². The maximum Gasteiger partial charge on any atom is 0.233 e. The average Bonchev–Trinajstić information content (AvgIpc) is 2.77. The SMILES string of the molecule is CC(C)C1CCC(N2CCC3(CC2)C(=O)N(CCN=C(N)N)Cc2cc(Cl)ccc23)CC1. The Morgan fingerprint density at radius 3 is 2.50 bits per heavy atom. The van der Waals surface area contributed by atoms with Crippen molar-refractivity contribution in [2.75, 3.05) is 26.2 Å². The van der Waals surface area contributed by atoms with Gasteiger partial charge >= 0.3 is 0 Å². The molecule has 2 aliphatic heterocycles. The molecule has 1 saturated carbocycles. The van der Waals surface area contributed by atoms with Crippen molar-refractivity contribution in [3.8, 4) is 0 Å². The van der Waals surface area contributed by atoms with Gasteiger partial charge in [-0.25, -0.2) is 0 Å². The fourth-order valence-electron chi connectivity index (χ4n) is 6.22. The largest absolute Gasteiger partial charge is 0.370 e. The number of guanidine groups is 1. The Morgan fingerprint density at radius 2 is 1.88 bits per heavy atom. The number of hydrogen-bond donors (Lipinski definition) is 2. The lowest BCUT2D eigenvalue weighted by Crippen LogP contribution is -2.57. The van der Waals surface area contributed by atoms with Gasteiger partial charge in [0.25, 0.3) is 0 Å². The highest BCUT2D eigenvalue weighted by atomic mass is 35.5. The number of rotatable bonds is 5. The van der Waals surface area contributed by atoms with E-state index in [1.807, 2.05) is 17.0 Å². The van der Waals surface area contributed by atoms with E-state index in [9.17, 15) is 4.79 Å². The third kappa shape index (κ3) is 4.62. The Labute approximate surface area is 197 Å². The van der Waals surface area contributed by atoms with Crippen LogP contribution in [0.5, 0.6) is 0 Å². The van der Waals surface area contributed by atoms with Crippen LogP contribution in [0.1, 0.15) is 63.5 Å². The lowest BCUT2D eigenvalue weighted by atomic mass is 9.67. The van der Waals surface area contributed by atoms with Crippen LogP contribution in [0.4, 0.5) is 0 Å². The van der Waals surface area contributed by atoms with Gasteiger partial charge in [-0.05, 0) is 86.7 Å². The smallest absolute Gasteiger partial charge is 0.233 e. The molecule has 1 aliphatic carbocycles. The number of amides is 1. The van der Waals surface area contributed by atoms with Crippen molar-refractivity contribution in [2.24, 2.45) is 28.3 Å². The Balaban J connectivity index is 1.50. The summed E-state index contributed by atoms with van der Waals surface area (Å²) in [7, 11) is 0. The van der Waals surface area contributed by atoms with Gasteiger partial charge in [0, 0.05) is 24.2 Å². The first kappa shape index (κ1) is 23.4. The van der Waals surface area contributed by atoms with Gasteiger partial charge in [-0.15, -0.1) is 0 Å². The monoisotopic (exact) mass is 459 g/mol. The Kier molecular flexibility index (Phi) is 7.01. The highest BCUT2D eigenvalue weighted by Gasteiger charge is 2.49. The van der Waals surface area contributed by atoms with E-state index in [0.717, 1.165) is 48.4 Å². The standard InChI is InChI=1S/C25H38ClN5O/c1-17(2)18-3-6-21(7-4-18)30-12-9-25(10-13-30)22-8-5-20(26)15-19(22)16-31(23(25)32)14-11-29-24(27)28/h5,8,15,17-18,21H,3-4,6-7,9-14,16H2,1-2H3,(H4,27,28,29). The molecule has 1 aromatic carbocycles. The topological polar surface area (TPSA) is 88.0 Å². The number of benzene rings is 1. The van der Waals surface area contributed by atoms with Crippen LogP contribution in [-0.4, -0.2) is 53.9 Å². The Morgan fingerprint density at radius 1 is 1.19 bits per heavy atom. The summed E-state index contributed by atoms with van der Waals surface area (Å²) in [5.74, 6) is 1.95. The van der Waals surface area contributed by atoms with Gasteiger partial charge in [-0.3, -0.25) is 9.79 Å². The number of piperidine rings is 1. The van der Waals surface area contributed by atoms with Crippen LogP contribution in [-0.2, 0) is 16.8 Å². The quantitative estimate of drug-likeness (QED) is 0.521. The van der Waals surface area contributed by atoms with Crippen molar-refractivity contribution in [1.82, 2.24) is 9.80 Å². The van der Waals surface area contributed by atoms with Gasteiger partial charge in [-0.2, -0.15) is 0 Å². The number of hydrogen-bond acceptors (Lipinski definition) is 3. The summed E-state index contributed by atoms with van der Waals surface area (Å²) in [6, 6.07) is 6.72. The van der Waals surface area contributed by atoms with Crippen LogP contribution in [0.2, 0.25) is 5.02 Å². The summed E-state index contributed by atoms with van der Waals surface area (Å²) in [5.41, 5.74) is 12.9. The van der Waals surface area contributed by atoms with Crippen molar-refractivity contribution in [3.63, 3.8) is 0 Å². The molecule has 0 radical (unpaired) electrons. The van der Waals surface area contributed by atoms with Gasteiger partial charge < -0.3 is 21.3 Å². The second-order valence-electron chi connectivity index (χ2n) is 10.3. The molecule has 2 heterocycles. The van der Waals surface area contributed by atoms with E-state index in [4.69, 9.17) is 23.1 Å². The minimum Gasteiger partial charge on any atom is -0.370 e. The highest BCUT2D eigenvalue weighted by molar-refractivity contribution is 6.30. The number of likely N-dealkylation sites (tertiary alicyclic amines) is 1. The third-order valence-corrected chi connectivity index (χ3v) is 8.39. The summed E-state index contributed by atoms with van der Waals surface area (Å²) in [4.78, 5) is 22.5. The molecule has 0 unspecified atom stereocenters. The van der Waals surface area contributed by atoms with E-state index in [2.05, 4.69) is 29.8 Å². The number of aliphatic imine (C=N–C) groups is 1. The van der Waals surface area contributed by atoms with Crippen LogP contribution in [0.3, 0.4) is 0 Å². The predicted molar refractivity (Wildman–Crippen MR) is 131 cm³/mol. The molecule has 176 valence electrons. The maximum absolute atomic E-state index is 13.8. The molecule has 1 spiro atoms. The number of carbonyl (C=O) groups excluding carboxylic acids is 1. The summed E-state index contributed by atoms with van der Waals surface area (Å²) in [5, 5.41) is 0.719. The molecule has 3 aliphatic rings. The average molecular weight is 460 g/mol. The molecule has 0 bridgehead atoms. The fraction of sp³-hybridized carbons (Fsp3) is 0.680. The zero-order valence-electron chi connectivity index (χ0n) is 19.5. The second kappa shape index (κ2) is 9.60. The van der Waals surface area contributed by atoms with Crippen molar-refractivity contribution >= 4 is 23.5 Å². The van der Waals surface area contributed by atoms with Gasteiger partial charge in [0.2, 0.25) is 5.91 Å². The van der Waals surface area contributed by atoms with Gasteiger partial charge in [0.1, 0.15) is 0 Å². The lowest BCUT2D eigenvalue weighted by molar-refractivity contribution is -0.142. The zero-order chi connectivity index (χ0) is 22.9. The van der Waals surface area contributed by atoms with Gasteiger partial charge in [0.15, 0.2) is 5.96 Å². The molecular formula is C25H38ClN5O. The Hall–Kier alpha value is -1.79. The molecule has 4 rings (SSSR count). The van der Waals surface area contributed by atoms with E-state index >= 15 is 0 Å². The molecule has 2 fully saturated rings. The minimum absolute atomic E-state index is 0.0631. The molecule has 4 N–H and O–H groups in total. The lowest BCUT2D eigenvalue weighted by Gasteiger charge is -2.49. The van der Waals surface area contributed by atoms with E-state index in [0.29, 0.717) is 25.7 Å². The number of nitrogens with two attached hydrogens (primary N) is 2. The fourth-order valence-corrected chi connectivity index (χ4v) is 6.42. The molecule has 32 heavy (non-hydrogen) atoms. The summed E-state index contributed by atoms with van der Waals surface area (Å²) in [6.45, 7) is 8.18. The van der Waals surface area contributed by atoms with Crippen LogP contribution in [0.15, 0.2) is 23.2 Å². The van der Waals surface area contributed by atoms with E-state index in [1.165, 1.54) is 31.2 Å². The van der Waals surface area contributed by atoms with Crippen LogP contribution in [0.25, 0.3) is 0 Å². The van der Waals surface area contributed by atoms with Crippen LogP contribution >= 0.6 is 11.6 Å². The van der Waals surface area contributed by atoms with Crippen molar-refractivity contribution in [2.45, 2.75) is 70.4 Å². The zero-order valence-corrected chi connectivity index (χ0v) is 20.3. The predicted octanol–water partition coefficient (Wildman–Crippen LogP) is 3.50. The first-order valence-corrected chi connectivity index (χ1v) is 12.6. The minimum atomic E-state index is -0.457. The third-order valence-electron chi connectivity index (χ3n) is 8.16. The van der Waals surface area contributed by atoms with E-state index in [-0.39, 0.29) is 11.9 Å². The first-order valence-electron chi connectivity index (χ1n) is 12.2. The molecule has 0 atom stereocenters. The van der Waals surface area contributed by atoms with Gasteiger partial charge in [-0.1, -0.05) is 31.5 Å².